The van der Waals surface area contributed by atoms with Crippen LogP contribution in [0.2, 0.25) is 0 Å². The molecular formula is C12H12N4O2. The van der Waals surface area contributed by atoms with Crippen LogP contribution < -0.4 is 11.1 Å². The Balaban J connectivity index is 1.92. The molecule has 1 fully saturated rings. The molecule has 0 amide bonds. The van der Waals surface area contributed by atoms with Crippen molar-refractivity contribution in [2.24, 2.45) is 5.73 Å². The van der Waals surface area contributed by atoms with E-state index >= 15 is 0 Å². The summed E-state index contributed by atoms with van der Waals surface area (Å²) in [5.74, 6) is 0.759. The van der Waals surface area contributed by atoms with Crippen molar-refractivity contribution in [2.45, 2.75) is 18.5 Å². The van der Waals surface area contributed by atoms with Crippen molar-refractivity contribution < 1.29 is 4.92 Å². The molecule has 6 heteroatoms. The number of nitro benzene ring substituents is 1. The third-order valence-electron chi connectivity index (χ3n) is 3.06. The van der Waals surface area contributed by atoms with Crippen molar-refractivity contribution >= 4 is 22.4 Å². The topological polar surface area (TPSA) is 94.1 Å². The molecule has 1 aromatic carbocycles. The van der Waals surface area contributed by atoms with E-state index in [4.69, 9.17) is 5.73 Å². The molecule has 1 aromatic heterocycles. The van der Waals surface area contributed by atoms with Gasteiger partial charge in [0.05, 0.1) is 10.4 Å². The van der Waals surface area contributed by atoms with E-state index in [0.29, 0.717) is 6.04 Å². The van der Waals surface area contributed by atoms with Crippen molar-refractivity contribution in [3.63, 3.8) is 0 Å². The molecule has 6 nitrogen and oxygen atoms in total. The van der Waals surface area contributed by atoms with Gasteiger partial charge in [-0.3, -0.25) is 10.1 Å². The van der Waals surface area contributed by atoms with Crippen LogP contribution in [0.15, 0.2) is 30.3 Å². The molecule has 92 valence electrons. The molecular weight excluding hydrogens is 232 g/mol. The van der Waals surface area contributed by atoms with Gasteiger partial charge < -0.3 is 11.1 Å². The molecule has 1 aliphatic rings. The number of anilines is 1. The van der Waals surface area contributed by atoms with Crippen LogP contribution in [0.3, 0.4) is 0 Å². The monoisotopic (exact) mass is 244 g/mol. The summed E-state index contributed by atoms with van der Waals surface area (Å²) in [4.78, 5) is 14.7. The number of nitrogens with one attached hydrogen (secondary N) is 1. The van der Waals surface area contributed by atoms with Crippen LogP contribution in [-0.4, -0.2) is 22.0 Å². The maximum atomic E-state index is 10.7. The summed E-state index contributed by atoms with van der Waals surface area (Å²) in [5.41, 5.74) is 6.53. The number of aromatic nitrogens is 1. The first kappa shape index (κ1) is 10.9. The normalized spacial score (nSPS) is 21.8. The standard InChI is InChI=1S/C12H12N4O2/c13-9-6-11(9)15-12-4-1-7-5-8(16(17)18)2-3-10(7)14-12/h1-5,9,11H,6,13H2,(H,14,15). The van der Waals surface area contributed by atoms with Crippen molar-refractivity contribution in [2.75, 3.05) is 5.32 Å². The zero-order valence-electron chi connectivity index (χ0n) is 9.54. The molecule has 0 saturated heterocycles. The SMILES string of the molecule is NC1CC1Nc1ccc2cc([N+](=O)[O-])ccc2n1. The van der Waals surface area contributed by atoms with Crippen LogP contribution in [0, 0.1) is 10.1 Å². The predicted octanol–water partition coefficient (Wildman–Crippen LogP) is 1.65. The van der Waals surface area contributed by atoms with Gasteiger partial charge in [-0.1, -0.05) is 0 Å². The Morgan fingerprint density at radius 3 is 2.83 bits per heavy atom. The molecule has 0 aliphatic heterocycles. The summed E-state index contributed by atoms with van der Waals surface area (Å²) in [6.45, 7) is 0. The highest BCUT2D eigenvalue weighted by Crippen LogP contribution is 2.25. The van der Waals surface area contributed by atoms with Crippen LogP contribution in [0.4, 0.5) is 11.5 Å². The minimum atomic E-state index is -0.408. The average Bonchev–Trinajstić information content (AvgIpc) is 3.04. The number of non-ortho nitro benzene ring substituents is 1. The van der Waals surface area contributed by atoms with Gasteiger partial charge in [-0.05, 0) is 24.6 Å². The molecule has 1 aliphatic carbocycles. The zero-order chi connectivity index (χ0) is 12.7. The third kappa shape index (κ3) is 1.98. The van der Waals surface area contributed by atoms with E-state index in [9.17, 15) is 10.1 Å². The van der Waals surface area contributed by atoms with E-state index in [1.165, 1.54) is 12.1 Å². The van der Waals surface area contributed by atoms with Crippen LogP contribution in [-0.2, 0) is 0 Å². The van der Waals surface area contributed by atoms with E-state index in [1.807, 2.05) is 12.1 Å². The van der Waals surface area contributed by atoms with Crippen LogP contribution >= 0.6 is 0 Å². The second kappa shape index (κ2) is 3.92. The van der Waals surface area contributed by atoms with Crippen molar-refractivity contribution in [3.05, 3.63) is 40.4 Å². The second-order valence-electron chi connectivity index (χ2n) is 4.48. The largest absolute Gasteiger partial charge is 0.366 e. The highest BCUT2D eigenvalue weighted by atomic mass is 16.6. The smallest absolute Gasteiger partial charge is 0.270 e. The summed E-state index contributed by atoms with van der Waals surface area (Å²) >= 11 is 0. The number of pyridine rings is 1. The molecule has 2 aromatic rings. The first-order valence-electron chi connectivity index (χ1n) is 5.71. The number of fused-ring (bicyclic) bond motifs is 1. The van der Waals surface area contributed by atoms with Crippen molar-refractivity contribution in [3.8, 4) is 0 Å². The Morgan fingerprint density at radius 1 is 1.39 bits per heavy atom. The molecule has 18 heavy (non-hydrogen) atoms. The number of nitrogens with zero attached hydrogens (tertiary/aromatic N) is 2. The number of hydrogen-bond donors (Lipinski definition) is 2. The van der Waals surface area contributed by atoms with Crippen LogP contribution in [0.5, 0.6) is 0 Å². The van der Waals surface area contributed by atoms with Gasteiger partial charge in [0.1, 0.15) is 5.82 Å². The van der Waals surface area contributed by atoms with Gasteiger partial charge in [0, 0.05) is 29.6 Å². The predicted molar refractivity (Wildman–Crippen MR) is 68.4 cm³/mol. The minimum Gasteiger partial charge on any atom is -0.366 e. The highest BCUT2D eigenvalue weighted by molar-refractivity contribution is 5.82. The van der Waals surface area contributed by atoms with E-state index in [-0.39, 0.29) is 11.7 Å². The highest BCUT2D eigenvalue weighted by Gasteiger charge is 2.33. The molecule has 1 saturated carbocycles. The molecule has 1 heterocycles. The van der Waals surface area contributed by atoms with Gasteiger partial charge in [0.15, 0.2) is 0 Å². The fraction of sp³-hybridized carbons (Fsp3) is 0.250. The lowest BCUT2D eigenvalue weighted by molar-refractivity contribution is -0.384. The Bertz CT molecular complexity index is 629. The lowest BCUT2D eigenvalue weighted by atomic mass is 10.2. The number of benzene rings is 1. The van der Waals surface area contributed by atoms with Gasteiger partial charge >= 0.3 is 0 Å². The first-order chi connectivity index (χ1) is 8.63. The van der Waals surface area contributed by atoms with Crippen molar-refractivity contribution in [1.29, 1.82) is 0 Å². The number of nitrogens with two attached hydrogens (primary N) is 1. The van der Waals surface area contributed by atoms with E-state index in [0.717, 1.165) is 23.1 Å². The van der Waals surface area contributed by atoms with Gasteiger partial charge in [-0.25, -0.2) is 4.98 Å². The van der Waals surface area contributed by atoms with E-state index < -0.39 is 4.92 Å². The molecule has 0 bridgehead atoms. The quantitative estimate of drug-likeness (QED) is 0.632. The Labute approximate surface area is 103 Å². The average molecular weight is 244 g/mol. The fourth-order valence-electron chi connectivity index (χ4n) is 1.88. The van der Waals surface area contributed by atoms with E-state index in [1.54, 1.807) is 6.07 Å². The summed E-state index contributed by atoms with van der Waals surface area (Å²) < 4.78 is 0. The van der Waals surface area contributed by atoms with Gasteiger partial charge in [-0.2, -0.15) is 0 Å². The van der Waals surface area contributed by atoms with E-state index in [2.05, 4.69) is 10.3 Å². The summed E-state index contributed by atoms with van der Waals surface area (Å²) in [6.07, 6.45) is 0.958. The molecule has 3 rings (SSSR count). The minimum absolute atomic E-state index is 0.0780. The van der Waals surface area contributed by atoms with Crippen molar-refractivity contribution in [1.82, 2.24) is 4.98 Å². The Hall–Kier alpha value is -2.21. The lowest BCUT2D eigenvalue weighted by Gasteiger charge is -2.05. The van der Waals surface area contributed by atoms with Gasteiger partial charge in [0.25, 0.3) is 5.69 Å². The Morgan fingerprint density at radius 2 is 2.17 bits per heavy atom. The first-order valence-corrected chi connectivity index (χ1v) is 5.71. The number of rotatable bonds is 3. The summed E-state index contributed by atoms with van der Waals surface area (Å²) in [7, 11) is 0. The molecule has 2 atom stereocenters. The summed E-state index contributed by atoms with van der Waals surface area (Å²) in [5, 5.41) is 14.6. The molecule has 0 radical (unpaired) electrons. The lowest BCUT2D eigenvalue weighted by Crippen LogP contribution is -2.13. The summed E-state index contributed by atoms with van der Waals surface area (Å²) in [6, 6.07) is 8.79. The number of nitro groups is 1. The number of hydrogen-bond acceptors (Lipinski definition) is 5. The molecule has 0 spiro atoms. The second-order valence-corrected chi connectivity index (χ2v) is 4.48. The molecule has 2 unspecified atom stereocenters. The third-order valence-corrected chi connectivity index (χ3v) is 3.06. The van der Waals surface area contributed by atoms with Crippen LogP contribution in [0.25, 0.3) is 10.9 Å². The Kier molecular flexibility index (Phi) is 2.38. The fourth-order valence-corrected chi connectivity index (χ4v) is 1.88. The maximum absolute atomic E-state index is 10.7. The zero-order valence-corrected chi connectivity index (χ0v) is 9.54. The van der Waals surface area contributed by atoms with Gasteiger partial charge in [-0.15, -0.1) is 0 Å². The maximum Gasteiger partial charge on any atom is 0.270 e. The van der Waals surface area contributed by atoms with Gasteiger partial charge in [0.2, 0.25) is 0 Å². The van der Waals surface area contributed by atoms with Crippen LogP contribution in [0.1, 0.15) is 6.42 Å². The molecule has 3 N–H and O–H groups in total.